The fourth-order valence-corrected chi connectivity index (χ4v) is 10.4. The second kappa shape index (κ2) is 24.3. The molecule has 0 spiro atoms. The van der Waals surface area contributed by atoms with Crippen molar-refractivity contribution >= 4 is 56.3 Å². The summed E-state index contributed by atoms with van der Waals surface area (Å²) in [4.78, 5) is 27.4. The van der Waals surface area contributed by atoms with Crippen molar-refractivity contribution in [3.63, 3.8) is 0 Å². The summed E-state index contributed by atoms with van der Waals surface area (Å²) in [6, 6.07) is 19.9. The number of ether oxygens (including phenoxy) is 2. The molecule has 0 amide bonds. The topological polar surface area (TPSA) is 56.5 Å². The summed E-state index contributed by atoms with van der Waals surface area (Å²) in [5.41, 5.74) is -12.9. The van der Waals surface area contributed by atoms with Crippen LogP contribution in [0, 0.1) is 116 Å². The molecule has 0 atom stereocenters. The van der Waals surface area contributed by atoms with Crippen LogP contribution < -0.4 is 26.4 Å². The molecule has 0 bridgehead atoms. The van der Waals surface area contributed by atoms with Crippen LogP contribution in [-0.2, 0) is 25.6 Å². The zero-order valence-corrected chi connectivity index (χ0v) is 41.6. The van der Waals surface area contributed by atoms with Crippen molar-refractivity contribution in [1.82, 2.24) is 0 Å². The first-order valence-electron chi connectivity index (χ1n) is 24.7. The van der Waals surface area contributed by atoms with Crippen molar-refractivity contribution in [2.45, 2.75) is 83.0 Å². The van der Waals surface area contributed by atoms with E-state index >= 15 is 35.1 Å². The molecule has 0 unspecified atom stereocenters. The van der Waals surface area contributed by atoms with Crippen LogP contribution in [0.2, 0.25) is 0 Å². The van der Waals surface area contributed by atoms with Crippen LogP contribution in [0.4, 0.5) is 87.8 Å². The first-order valence-corrected chi connectivity index (χ1v) is 24.7. The average Bonchev–Trinajstić information content (AvgIpc) is 1.57. The summed E-state index contributed by atoms with van der Waals surface area (Å²) >= 11 is 0. The average molecular weight is 1180 g/mol. The smallest absolute Gasteiger partial charge is 0.346 e. The van der Waals surface area contributed by atoms with Gasteiger partial charge in [-0.2, -0.15) is 0 Å². The maximum Gasteiger partial charge on any atom is 0.346 e. The number of esters is 2. The molecule has 0 radical (unpaired) electrons. The van der Waals surface area contributed by atoms with E-state index in [2.05, 4.69) is 24.4 Å². The molecule has 9 rings (SSSR count). The van der Waals surface area contributed by atoms with Crippen LogP contribution in [0.25, 0.3) is 16.3 Å². The first kappa shape index (κ1) is 60.2. The molecule has 6 aromatic carbocycles. The number of fused-ring (bicyclic) bond motifs is 1. The number of carbonyl (C=O) groups excluding carboxylic acids is 2. The largest absolute Gasteiger partial charge is 0.459 e. The number of hydrogen-bond donors (Lipinski definition) is 0. The molecule has 2 fully saturated rings. The summed E-state index contributed by atoms with van der Waals surface area (Å²) in [6.07, 6.45) is 6.40. The van der Waals surface area contributed by atoms with Gasteiger partial charge >= 0.3 is 11.9 Å². The third kappa shape index (κ3) is 10.7. The molecule has 5 nitrogen and oxygen atoms in total. The lowest BCUT2D eigenvalue weighted by Gasteiger charge is -2.44. The molecular formula is C56H36BF20NO4. The molecule has 432 valence electrons. The molecule has 1 aromatic heterocycles. The van der Waals surface area contributed by atoms with Crippen LogP contribution in [0.3, 0.4) is 0 Å². The van der Waals surface area contributed by atoms with Gasteiger partial charge in [0, 0.05) is 17.0 Å². The Hall–Kier alpha value is -7.93. The van der Waals surface area contributed by atoms with E-state index in [1.165, 1.54) is 0 Å². The number of hydrogen-bond acceptors (Lipinski definition) is 4. The Morgan fingerprint density at radius 2 is 0.671 bits per heavy atom. The van der Waals surface area contributed by atoms with Crippen molar-refractivity contribution in [2.75, 3.05) is 0 Å². The zero-order valence-electron chi connectivity index (χ0n) is 41.6. The molecule has 7 aromatic rings. The van der Waals surface area contributed by atoms with E-state index in [1.807, 2.05) is 53.2 Å². The first-order chi connectivity index (χ1) is 38.9. The van der Waals surface area contributed by atoms with E-state index in [9.17, 15) is 62.3 Å². The van der Waals surface area contributed by atoms with Crippen molar-refractivity contribution in [1.29, 1.82) is 0 Å². The van der Waals surface area contributed by atoms with Crippen molar-refractivity contribution in [3.8, 4) is 0 Å². The van der Waals surface area contributed by atoms with Gasteiger partial charge in [-0.25, -0.2) is 102 Å². The number of nitrogens with zero attached hydrogens (tertiary/aromatic N) is 1. The molecule has 0 aliphatic heterocycles. The second-order valence-electron chi connectivity index (χ2n) is 19.1. The highest BCUT2D eigenvalue weighted by atomic mass is 19.2. The number of benzene rings is 6. The zero-order chi connectivity index (χ0) is 59.8. The predicted molar refractivity (Wildman–Crippen MR) is 253 cm³/mol. The Kier molecular flexibility index (Phi) is 17.8. The lowest BCUT2D eigenvalue weighted by atomic mass is 9.12. The monoisotopic (exact) mass is 1180 g/mol. The van der Waals surface area contributed by atoms with Crippen LogP contribution >= 0.6 is 0 Å². The van der Waals surface area contributed by atoms with Crippen molar-refractivity contribution in [2.24, 2.45) is 0 Å². The van der Waals surface area contributed by atoms with Gasteiger partial charge in [0.05, 0.1) is 0 Å². The molecule has 2 aliphatic rings. The van der Waals surface area contributed by atoms with Gasteiger partial charge in [-0.3, -0.25) is 0 Å². The Balaban J connectivity index is 0.000000218. The summed E-state index contributed by atoms with van der Waals surface area (Å²) in [5, 5.41) is 2.23. The highest BCUT2D eigenvalue weighted by Gasteiger charge is 2.52. The van der Waals surface area contributed by atoms with Gasteiger partial charge in [0.25, 0.3) is 0 Å². The predicted octanol–water partition coefficient (Wildman–Crippen LogP) is 12.2. The lowest BCUT2D eigenvalue weighted by molar-refractivity contribution is -0.683. The van der Waals surface area contributed by atoms with Crippen LogP contribution in [0.15, 0.2) is 78.6 Å². The highest BCUT2D eigenvalue weighted by Crippen LogP contribution is 2.33. The van der Waals surface area contributed by atoms with Gasteiger partial charge in [-0.1, -0.05) is 61.4 Å². The molecule has 1 heterocycles. The summed E-state index contributed by atoms with van der Waals surface area (Å²) in [7, 11) is 0. The van der Waals surface area contributed by atoms with Gasteiger partial charge < -0.3 is 9.47 Å². The van der Waals surface area contributed by atoms with E-state index < -0.39 is 156 Å². The number of halogens is 20. The quantitative estimate of drug-likeness (QED) is 0.0149. The number of carbonyl (C=O) groups is 2. The summed E-state index contributed by atoms with van der Waals surface area (Å²) < 4.78 is 308. The SMILES string of the molecule is Fc1c(F)c(F)c([B-](c2c(F)c(F)c(F)c(F)c2F)(c2c(F)c(F)c(F)c(F)c2F)c2c(F)c(F)c(F)c(F)c2F)c(F)c1F.O=C(OC1CCCCC1)C(C(=O)OC1CCCCC1)=C(C[n+]1ccc2ccccc2c1)c1ccccc1. The fraction of sp³-hybridized carbons (Fsp3) is 0.232. The van der Waals surface area contributed by atoms with Gasteiger partial charge in [0.2, 0.25) is 0 Å². The van der Waals surface area contributed by atoms with Gasteiger partial charge in [-0.15, -0.1) is 21.9 Å². The van der Waals surface area contributed by atoms with E-state index in [0.717, 1.165) is 80.5 Å². The van der Waals surface area contributed by atoms with Gasteiger partial charge in [0.1, 0.15) is 64.9 Å². The van der Waals surface area contributed by atoms with Crippen molar-refractivity contribution < 1.29 is 111 Å². The lowest BCUT2D eigenvalue weighted by Crippen LogP contribution is -2.81. The number of rotatable bonds is 11. The van der Waals surface area contributed by atoms with Crippen LogP contribution in [0.5, 0.6) is 0 Å². The maximum absolute atomic E-state index is 15.4. The van der Waals surface area contributed by atoms with Crippen LogP contribution in [-0.4, -0.2) is 30.3 Å². The van der Waals surface area contributed by atoms with Gasteiger partial charge in [-0.05, 0) is 68.4 Å². The van der Waals surface area contributed by atoms with E-state index in [0.29, 0.717) is 12.1 Å². The normalized spacial score (nSPS) is 14.1. The molecule has 26 heteroatoms. The molecule has 2 saturated carbocycles. The van der Waals surface area contributed by atoms with Gasteiger partial charge in [0.15, 0.2) is 94.3 Å². The Labute approximate surface area is 450 Å². The van der Waals surface area contributed by atoms with E-state index in [1.54, 1.807) is 0 Å². The fourth-order valence-electron chi connectivity index (χ4n) is 10.4. The number of aromatic nitrogens is 1. The third-order valence-corrected chi connectivity index (χ3v) is 14.3. The Morgan fingerprint density at radius 3 is 1.00 bits per heavy atom. The number of pyridine rings is 1. The standard InChI is InChI=1S/C32H36NO4.C24BF20/c34-31(36-27-16-6-2-7-17-27)30(32(35)37-28-18-8-3-9-19-28)29(25-13-4-1-5-14-25)23-33-21-20-24-12-10-11-15-26(24)22-33;26-5-1(6(27)14(35)21(42)13(5)34)25(2-7(28)15(36)22(43)16(37)8(2)29,3-9(30)17(38)23(44)18(39)10(3)31)4-11(32)19(40)24(45)20(41)12(4)33/h1,4-5,10-15,20-22,27-28H,2-3,6-9,16-19,23H2;/q+1;-1. The van der Waals surface area contributed by atoms with E-state index in [4.69, 9.17) is 9.47 Å². The molecular weight excluding hydrogens is 1140 g/mol. The minimum absolute atomic E-state index is 0.0306. The Bertz CT molecular complexity index is 3290. The van der Waals surface area contributed by atoms with Crippen LogP contribution in [0.1, 0.15) is 69.8 Å². The minimum atomic E-state index is -7.22. The minimum Gasteiger partial charge on any atom is -0.459 e. The second-order valence-corrected chi connectivity index (χ2v) is 19.1. The third-order valence-electron chi connectivity index (χ3n) is 14.3. The summed E-state index contributed by atoms with van der Waals surface area (Å²) in [6.45, 7) is 0.351. The maximum atomic E-state index is 15.4. The summed E-state index contributed by atoms with van der Waals surface area (Å²) in [5.74, 6) is -72.5. The molecule has 0 N–H and O–H groups in total. The van der Waals surface area contributed by atoms with E-state index in [-0.39, 0.29) is 17.8 Å². The Morgan fingerprint density at radius 1 is 0.378 bits per heavy atom. The highest BCUT2D eigenvalue weighted by molar-refractivity contribution is 7.20. The molecule has 2 aliphatic carbocycles. The number of allylic oxidation sites excluding steroid dienone is 1. The molecule has 0 saturated heterocycles. The molecule has 82 heavy (non-hydrogen) atoms. The van der Waals surface area contributed by atoms with Crippen molar-refractivity contribution in [3.05, 3.63) is 201 Å².